The molecule has 2 amide bonds. The second-order valence-electron chi connectivity index (χ2n) is 10.2. The molecule has 6 nitrogen and oxygen atoms in total. The fraction of sp³-hybridized carbons (Fsp3) is 0.708. The Labute approximate surface area is 179 Å². The number of aromatic nitrogens is 1. The maximum atomic E-state index is 13.0. The molecule has 6 heteroatoms. The molecule has 4 saturated carbocycles. The van der Waals surface area contributed by atoms with Crippen molar-refractivity contribution in [3.63, 3.8) is 0 Å². The first kappa shape index (κ1) is 19.8. The van der Waals surface area contributed by atoms with E-state index >= 15 is 0 Å². The summed E-state index contributed by atoms with van der Waals surface area (Å²) < 4.78 is 0. The third kappa shape index (κ3) is 4.06. The van der Waals surface area contributed by atoms with Crippen LogP contribution >= 0.6 is 0 Å². The smallest absolute Gasteiger partial charge is 0.226 e. The first-order chi connectivity index (χ1) is 14.6. The van der Waals surface area contributed by atoms with Gasteiger partial charge in [0.15, 0.2) is 0 Å². The van der Waals surface area contributed by atoms with E-state index in [9.17, 15) is 9.59 Å². The Balaban J connectivity index is 1.06. The highest BCUT2D eigenvalue weighted by Crippen LogP contribution is 2.60. The molecule has 1 aliphatic heterocycles. The standard InChI is InChI=1S/C24H34N4O2/c29-22(27-16-17-3-5-25-21(12-17)28-7-1-2-8-28)4-6-26-23(30)24-13-18-9-19(14-24)11-20(10-18)15-24/h3,5,12,18-20H,1-2,4,6-11,13-16H2,(H,26,30)(H,27,29). The number of rotatable bonds is 7. The van der Waals surface area contributed by atoms with Crippen LogP contribution in [0, 0.1) is 23.2 Å². The number of nitrogens with one attached hydrogen (secondary N) is 2. The topological polar surface area (TPSA) is 74.3 Å². The Morgan fingerprint density at radius 3 is 2.37 bits per heavy atom. The van der Waals surface area contributed by atoms with Crippen molar-refractivity contribution in [2.75, 3.05) is 24.5 Å². The molecule has 0 radical (unpaired) electrons. The van der Waals surface area contributed by atoms with Crippen LogP contribution in [0.2, 0.25) is 0 Å². The van der Waals surface area contributed by atoms with Gasteiger partial charge in [-0.25, -0.2) is 4.98 Å². The Bertz CT molecular complexity index is 767. The van der Waals surface area contributed by atoms with Crippen molar-refractivity contribution < 1.29 is 9.59 Å². The van der Waals surface area contributed by atoms with Crippen molar-refractivity contribution in [3.8, 4) is 0 Å². The summed E-state index contributed by atoms with van der Waals surface area (Å²) in [7, 11) is 0. The summed E-state index contributed by atoms with van der Waals surface area (Å²) in [6, 6.07) is 4.02. The zero-order valence-electron chi connectivity index (χ0n) is 17.9. The number of carbonyl (C=O) groups is 2. The highest BCUT2D eigenvalue weighted by atomic mass is 16.2. The van der Waals surface area contributed by atoms with E-state index in [1.807, 2.05) is 12.3 Å². The number of pyridine rings is 1. The number of hydrogen-bond donors (Lipinski definition) is 2. The van der Waals surface area contributed by atoms with Gasteiger partial charge < -0.3 is 15.5 Å². The monoisotopic (exact) mass is 410 g/mol. The Morgan fingerprint density at radius 1 is 1.03 bits per heavy atom. The largest absolute Gasteiger partial charge is 0.357 e. The molecular weight excluding hydrogens is 376 g/mol. The average molecular weight is 411 g/mol. The van der Waals surface area contributed by atoms with Gasteiger partial charge in [-0.05, 0) is 86.8 Å². The molecular formula is C24H34N4O2. The van der Waals surface area contributed by atoms with E-state index in [1.54, 1.807) is 0 Å². The highest BCUT2D eigenvalue weighted by Gasteiger charge is 2.54. The minimum atomic E-state index is -0.131. The molecule has 5 fully saturated rings. The van der Waals surface area contributed by atoms with Crippen LogP contribution in [0.5, 0.6) is 0 Å². The molecule has 4 aliphatic carbocycles. The van der Waals surface area contributed by atoms with Crippen molar-refractivity contribution in [1.29, 1.82) is 0 Å². The maximum absolute atomic E-state index is 13.0. The van der Waals surface area contributed by atoms with Crippen LogP contribution in [0.3, 0.4) is 0 Å². The van der Waals surface area contributed by atoms with Gasteiger partial charge in [-0.2, -0.15) is 0 Å². The lowest BCUT2D eigenvalue weighted by atomic mass is 9.49. The van der Waals surface area contributed by atoms with Gasteiger partial charge >= 0.3 is 0 Å². The fourth-order valence-electron chi connectivity index (χ4n) is 6.84. The van der Waals surface area contributed by atoms with Crippen LogP contribution in [0.4, 0.5) is 5.82 Å². The quantitative estimate of drug-likeness (QED) is 0.725. The fourth-order valence-corrected chi connectivity index (χ4v) is 6.84. The van der Waals surface area contributed by atoms with Crippen molar-refractivity contribution in [2.45, 2.75) is 64.3 Å². The predicted molar refractivity (Wildman–Crippen MR) is 116 cm³/mol. The second-order valence-corrected chi connectivity index (χ2v) is 10.2. The summed E-state index contributed by atoms with van der Waals surface area (Å²) in [5, 5.41) is 6.09. The van der Waals surface area contributed by atoms with Gasteiger partial charge in [0.05, 0.1) is 0 Å². The van der Waals surface area contributed by atoms with Gasteiger partial charge in [-0.1, -0.05) is 0 Å². The van der Waals surface area contributed by atoms with Crippen LogP contribution in [0.15, 0.2) is 18.3 Å². The molecule has 6 rings (SSSR count). The van der Waals surface area contributed by atoms with Gasteiger partial charge in [0.2, 0.25) is 11.8 Å². The van der Waals surface area contributed by atoms with Crippen LogP contribution in [-0.2, 0) is 16.1 Å². The van der Waals surface area contributed by atoms with E-state index in [0.29, 0.717) is 19.5 Å². The molecule has 1 aromatic heterocycles. The normalized spacial score (nSPS) is 31.7. The van der Waals surface area contributed by atoms with E-state index in [4.69, 9.17) is 0 Å². The van der Waals surface area contributed by atoms with E-state index in [2.05, 4.69) is 26.6 Å². The van der Waals surface area contributed by atoms with Gasteiger partial charge in [-0.3, -0.25) is 9.59 Å². The third-order valence-electron chi connectivity index (χ3n) is 7.89. The molecule has 0 atom stereocenters. The van der Waals surface area contributed by atoms with Crippen LogP contribution in [0.1, 0.15) is 63.4 Å². The predicted octanol–water partition coefficient (Wildman–Crippen LogP) is 3.02. The second kappa shape index (κ2) is 8.20. The maximum Gasteiger partial charge on any atom is 0.226 e. The zero-order valence-corrected chi connectivity index (χ0v) is 17.9. The lowest BCUT2D eigenvalue weighted by molar-refractivity contribution is -0.146. The van der Waals surface area contributed by atoms with Crippen molar-refractivity contribution in [1.82, 2.24) is 15.6 Å². The minimum absolute atomic E-state index is 0.0136. The van der Waals surface area contributed by atoms with Crippen molar-refractivity contribution in [3.05, 3.63) is 23.9 Å². The van der Waals surface area contributed by atoms with E-state index in [-0.39, 0.29) is 17.2 Å². The zero-order chi connectivity index (χ0) is 20.6. The molecule has 1 saturated heterocycles. The van der Waals surface area contributed by atoms with Crippen LogP contribution < -0.4 is 15.5 Å². The molecule has 30 heavy (non-hydrogen) atoms. The highest BCUT2D eigenvalue weighted by molar-refractivity contribution is 5.84. The Kier molecular flexibility index (Phi) is 5.42. The molecule has 2 heterocycles. The molecule has 0 unspecified atom stereocenters. The van der Waals surface area contributed by atoms with E-state index in [1.165, 1.54) is 32.1 Å². The number of anilines is 1. The SMILES string of the molecule is O=C(CCNC(=O)C12CC3CC(CC(C3)C1)C2)NCc1ccnc(N2CCCC2)c1. The van der Waals surface area contributed by atoms with Crippen LogP contribution in [-0.4, -0.2) is 36.4 Å². The van der Waals surface area contributed by atoms with Gasteiger partial charge in [0, 0.05) is 44.2 Å². The summed E-state index contributed by atoms with van der Waals surface area (Å²) in [4.78, 5) is 32.0. The summed E-state index contributed by atoms with van der Waals surface area (Å²) >= 11 is 0. The summed E-state index contributed by atoms with van der Waals surface area (Å²) in [6.45, 7) is 3.06. The Hall–Kier alpha value is -2.11. The third-order valence-corrected chi connectivity index (χ3v) is 7.89. The van der Waals surface area contributed by atoms with Gasteiger partial charge in [-0.15, -0.1) is 0 Å². The molecule has 0 aromatic carbocycles. The summed E-state index contributed by atoms with van der Waals surface area (Å²) in [6.07, 6.45) is 11.8. The van der Waals surface area contributed by atoms with E-state index in [0.717, 1.165) is 61.5 Å². The number of nitrogens with zero attached hydrogens (tertiary/aromatic N) is 2. The molecule has 2 N–H and O–H groups in total. The van der Waals surface area contributed by atoms with Gasteiger partial charge in [0.1, 0.15) is 5.82 Å². The average Bonchev–Trinajstić information content (AvgIpc) is 3.26. The van der Waals surface area contributed by atoms with Crippen LogP contribution in [0.25, 0.3) is 0 Å². The number of carbonyl (C=O) groups excluding carboxylic acids is 2. The van der Waals surface area contributed by atoms with E-state index < -0.39 is 0 Å². The lowest BCUT2D eigenvalue weighted by Gasteiger charge is -2.55. The summed E-state index contributed by atoms with van der Waals surface area (Å²) in [5.41, 5.74) is 0.937. The van der Waals surface area contributed by atoms with Gasteiger partial charge in [0.25, 0.3) is 0 Å². The first-order valence-corrected chi connectivity index (χ1v) is 11.8. The number of amides is 2. The molecule has 162 valence electrons. The van der Waals surface area contributed by atoms with Crippen molar-refractivity contribution >= 4 is 17.6 Å². The minimum Gasteiger partial charge on any atom is -0.357 e. The molecule has 4 bridgehead atoms. The van der Waals surface area contributed by atoms with Crippen molar-refractivity contribution in [2.24, 2.45) is 23.2 Å². The lowest BCUT2D eigenvalue weighted by Crippen LogP contribution is -2.53. The number of hydrogen-bond acceptors (Lipinski definition) is 4. The Morgan fingerprint density at radius 2 is 1.70 bits per heavy atom. The molecule has 1 aromatic rings. The summed E-state index contributed by atoms with van der Waals surface area (Å²) in [5.74, 6) is 3.48. The first-order valence-electron chi connectivity index (χ1n) is 11.8. The molecule has 5 aliphatic rings. The molecule has 0 spiro atoms.